The molecule has 0 aliphatic heterocycles. The first-order valence-corrected chi connectivity index (χ1v) is 6.59. The number of ether oxygens (including phenoxy) is 2. The zero-order valence-electron chi connectivity index (χ0n) is 12.3. The number of Topliss-reactive ketones (excluding diaryl/α,β-unsaturated/α-hetero) is 2. The lowest BCUT2D eigenvalue weighted by Crippen LogP contribution is -2.26. The maximum Gasteiger partial charge on any atom is 0.342 e. The molecule has 6 heteroatoms. The second kappa shape index (κ2) is 9.01. The molecule has 0 spiro atoms. The summed E-state index contributed by atoms with van der Waals surface area (Å²) in [7, 11) is 0. The van der Waals surface area contributed by atoms with Crippen molar-refractivity contribution in [2.75, 3.05) is 13.2 Å². The van der Waals surface area contributed by atoms with Crippen LogP contribution in [0.15, 0.2) is 11.1 Å². The van der Waals surface area contributed by atoms with Crippen LogP contribution in [0.4, 0.5) is 0 Å². The van der Waals surface area contributed by atoms with E-state index in [1.54, 1.807) is 13.8 Å². The summed E-state index contributed by atoms with van der Waals surface area (Å²) in [5.74, 6) is -3.17. The molecule has 0 aliphatic rings. The summed E-state index contributed by atoms with van der Waals surface area (Å²) in [4.78, 5) is 47.5. The number of carbonyl (C=O) groups is 4. The van der Waals surface area contributed by atoms with E-state index in [1.807, 2.05) is 0 Å². The fourth-order valence-corrected chi connectivity index (χ4v) is 1.47. The molecule has 0 aromatic heterocycles. The molecule has 112 valence electrons. The first kappa shape index (κ1) is 18.0. The molecule has 0 heterocycles. The highest BCUT2D eigenvalue weighted by Gasteiger charge is 2.31. The van der Waals surface area contributed by atoms with Crippen molar-refractivity contribution in [1.82, 2.24) is 0 Å². The van der Waals surface area contributed by atoms with Crippen LogP contribution in [0, 0.1) is 0 Å². The van der Waals surface area contributed by atoms with Gasteiger partial charge < -0.3 is 9.47 Å². The molecule has 0 fully saturated rings. The predicted molar refractivity (Wildman–Crippen MR) is 70.9 cm³/mol. The Morgan fingerprint density at radius 1 is 0.650 bits per heavy atom. The van der Waals surface area contributed by atoms with Crippen LogP contribution in [0.1, 0.15) is 40.5 Å². The van der Waals surface area contributed by atoms with Crippen molar-refractivity contribution in [3.8, 4) is 0 Å². The molecule has 0 saturated heterocycles. The smallest absolute Gasteiger partial charge is 0.342 e. The largest absolute Gasteiger partial charge is 0.462 e. The van der Waals surface area contributed by atoms with Gasteiger partial charge in [0.15, 0.2) is 11.6 Å². The maximum atomic E-state index is 11.9. The quantitative estimate of drug-likeness (QED) is 0.289. The first-order valence-electron chi connectivity index (χ1n) is 6.59. The van der Waals surface area contributed by atoms with E-state index in [2.05, 4.69) is 0 Å². The van der Waals surface area contributed by atoms with Crippen LogP contribution in [0.25, 0.3) is 0 Å². The van der Waals surface area contributed by atoms with Gasteiger partial charge in [-0.05, 0) is 13.8 Å². The SMILES string of the molecule is CCOC(=O)C(C(=O)CC)=C(C(=O)CC)C(=O)OCC. The van der Waals surface area contributed by atoms with Gasteiger partial charge in [-0.3, -0.25) is 9.59 Å². The molecule has 0 amide bonds. The van der Waals surface area contributed by atoms with Crippen molar-refractivity contribution in [1.29, 1.82) is 0 Å². The lowest BCUT2D eigenvalue weighted by molar-refractivity contribution is -0.144. The van der Waals surface area contributed by atoms with E-state index in [-0.39, 0.29) is 26.1 Å². The van der Waals surface area contributed by atoms with Gasteiger partial charge >= 0.3 is 11.9 Å². The number of esters is 2. The highest BCUT2D eigenvalue weighted by Crippen LogP contribution is 2.15. The minimum absolute atomic E-state index is 0.0198. The number of ketones is 2. The Bertz CT molecular complexity index is 393. The fraction of sp³-hybridized carbons (Fsp3) is 0.571. The van der Waals surface area contributed by atoms with Gasteiger partial charge in [-0.25, -0.2) is 9.59 Å². The summed E-state index contributed by atoms with van der Waals surface area (Å²) >= 11 is 0. The van der Waals surface area contributed by atoms with Crippen molar-refractivity contribution >= 4 is 23.5 Å². The van der Waals surface area contributed by atoms with Crippen molar-refractivity contribution in [3.63, 3.8) is 0 Å². The van der Waals surface area contributed by atoms with Gasteiger partial charge in [-0.2, -0.15) is 0 Å². The third-order valence-corrected chi connectivity index (χ3v) is 2.41. The van der Waals surface area contributed by atoms with E-state index in [0.717, 1.165) is 0 Å². The van der Waals surface area contributed by atoms with Gasteiger partial charge in [0.2, 0.25) is 0 Å². The van der Waals surface area contributed by atoms with Crippen molar-refractivity contribution in [3.05, 3.63) is 11.1 Å². The molecule has 0 radical (unpaired) electrons. The van der Waals surface area contributed by atoms with Crippen LogP contribution < -0.4 is 0 Å². The van der Waals surface area contributed by atoms with Gasteiger partial charge in [-0.15, -0.1) is 0 Å². The molecular formula is C14H20O6. The predicted octanol–water partition coefficient (Wildman–Crippen LogP) is 1.37. The van der Waals surface area contributed by atoms with E-state index < -0.39 is 34.7 Å². The summed E-state index contributed by atoms with van der Waals surface area (Å²) < 4.78 is 9.51. The third-order valence-electron chi connectivity index (χ3n) is 2.41. The molecule has 20 heavy (non-hydrogen) atoms. The molecule has 0 saturated carbocycles. The molecule has 0 bridgehead atoms. The minimum atomic E-state index is -0.968. The lowest BCUT2D eigenvalue weighted by atomic mass is 9.97. The van der Waals surface area contributed by atoms with Gasteiger partial charge in [0.05, 0.1) is 13.2 Å². The fourth-order valence-electron chi connectivity index (χ4n) is 1.47. The monoisotopic (exact) mass is 284 g/mol. The number of hydrogen-bond acceptors (Lipinski definition) is 6. The van der Waals surface area contributed by atoms with E-state index in [1.165, 1.54) is 13.8 Å². The highest BCUT2D eigenvalue weighted by atomic mass is 16.5. The number of carbonyl (C=O) groups excluding carboxylic acids is 4. The summed E-state index contributed by atoms with van der Waals surface area (Å²) in [6, 6.07) is 0. The van der Waals surface area contributed by atoms with Crippen LogP contribution in [-0.4, -0.2) is 36.7 Å². The summed E-state index contributed by atoms with van der Waals surface area (Å²) in [5, 5.41) is 0. The van der Waals surface area contributed by atoms with Gasteiger partial charge in [0.1, 0.15) is 11.1 Å². The molecule has 0 rings (SSSR count). The topological polar surface area (TPSA) is 86.7 Å². The number of hydrogen-bond donors (Lipinski definition) is 0. The van der Waals surface area contributed by atoms with E-state index in [9.17, 15) is 19.2 Å². The molecule has 0 atom stereocenters. The maximum absolute atomic E-state index is 11.9. The van der Waals surface area contributed by atoms with Crippen LogP contribution in [0.3, 0.4) is 0 Å². The Morgan fingerprint density at radius 2 is 0.950 bits per heavy atom. The van der Waals surface area contributed by atoms with E-state index >= 15 is 0 Å². The number of rotatable bonds is 8. The average molecular weight is 284 g/mol. The van der Waals surface area contributed by atoms with Crippen LogP contribution in [0.5, 0.6) is 0 Å². The minimum Gasteiger partial charge on any atom is -0.462 e. The second-order valence-corrected chi connectivity index (χ2v) is 3.74. The van der Waals surface area contributed by atoms with Crippen molar-refractivity contribution in [2.45, 2.75) is 40.5 Å². The Morgan fingerprint density at radius 3 is 1.15 bits per heavy atom. The molecule has 0 unspecified atom stereocenters. The van der Waals surface area contributed by atoms with E-state index in [0.29, 0.717) is 0 Å². The summed E-state index contributed by atoms with van der Waals surface area (Å²) in [6.45, 7) is 6.27. The molecular weight excluding hydrogens is 264 g/mol. The third kappa shape index (κ3) is 4.60. The zero-order valence-corrected chi connectivity index (χ0v) is 12.3. The first-order chi connectivity index (χ1) is 9.44. The summed E-state index contributed by atoms with van der Waals surface area (Å²) in [6.07, 6.45) is -0.0396. The Hall–Kier alpha value is -1.98. The Balaban J connectivity index is 5.97. The molecule has 0 aromatic carbocycles. The average Bonchev–Trinajstić information content (AvgIpc) is 2.43. The molecule has 0 N–H and O–H groups in total. The summed E-state index contributed by atoms with van der Waals surface area (Å²) in [5.41, 5.74) is -1.03. The zero-order chi connectivity index (χ0) is 15.7. The van der Waals surface area contributed by atoms with Gasteiger partial charge in [-0.1, -0.05) is 13.8 Å². The van der Waals surface area contributed by atoms with Gasteiger partial charge in [0, 0.05) is 12.8 Å². The Kier molecular flexibility index (Phi) is 8.12. The van der Waals surface area contributed by atoms with E-state index in [4.69, 9.17) is 9.47 Å². The van der Waals surface area contributed by atoms with Crippen LogP contribution >= 0.6 is 0 Å². The molecule has 0 aliphatic carbocycles. The second-order valence-electron chi connectivity index (χ2n) is 3.74. The lowest BCUT2D eigenvalue weighted by Gasteiger charge is -2.11. The van der Waals surface area contributed by atoms with Crippen LogP contribution in [-0.2, 0) is 28.7 Å². The van der Waals surface area contributed by atoms with Crippen molar-refractivity contribution in [2.24, 2.45) is 0 Å². The highest BCUT2D eigenvalue weighted by molar-refractivity contribution is 6.30. The van der Waals surface area contributed by atoms with Gasteiger partial charge in [0.25, 0.3) is 0 Å². The standard InChI is InChI=1S/C14H20O6/c1-5-9(15)11(13(17)19-7-3)12(10(16)6-2)14(18)20-8-4/h5-8H2,1-4H3. The van der Waals surface area contributed by atoms with Crippen molar-refractivity contribution < 1.29 is 28.7 Å². The van der Waals surface area contributed by atoms with Crippen LogP contribution in [0.2, 0.25) is 0 Å². The Labute approximate surface area is 118 Å². The molecule has 0 aromatic rings. The normalized spacial score (nSPS) is 11.4. The molecule has 6 nitrogen and oxygen atoms in total.